The summed E-state index contributed by atoms with van der Waals surface area (Å²) in [7, 11) is 1.56. The van der Waals surface area contributed by atoms with Gasteiger partial charge in [0.1, 0.15) is 23.0 Å². The van der Waals surface area contributed by atoms with Crippen LogP contribution in [0.4, 0.5) is 0 Å². The number of benzene rings is 3. The van der Waals surface area contributed by atoms with Crippen molar-refractivity contribution < 1.29 is 28.9 Å². The number of aliphatic hydroxyl groups excluding tert-OH is 1. The van der Waals surface area contributed by atoms with E-state index in [0.717, 1.165) is 17.5 Å². The molecule has 1 heterocycles. The molecule has 1 atom stereocenters. The Hall–Kier alpha value is -4.26. The van der Waals surface area contributed by atoms with Crippen molar-refractivity contribution in [1.82, 2.24) is 4.90 Å². The summed E-state index contributed by atoms with van der Waals surface area (Å²) in [5, 5.41) is 11.5. The van der Waals surface area contributed by atoms with Gasteiger partial charge >= 0.3 is 0 Å². The fourth-order valence-corrected chi connectivity index (χ4v) is 4.71. The average Bonchev–Trinajstić information content (AvgIpc) is 3.16. The molecular formula is C32H35NO6. The van der Waals surface area contributed by atoms with E-state index in [1.165, 1.54) is 4.90 Å². The van der Waals surface area contributed by atoms with Gasteiger partial charge in [0.25, 0.3) is 11.7 Å². The van der Waals surface area contributed by atoms with Gasteiger partial charge in [-0.3, -0.25) is 9.59 Å². The second-order valence-electron chi connectivity index (χ2n) is 9.85. The van der Waals surface area contributed by atoms with Crippen molar-refractivity contribution in [3.8, 4) is 17.2 Å². The third kappa shape index (κ3) is 6.08. The molecule has 1 fully saturated rings. The zero-order valence-electron chi connectivity index (χ0n) is 23.1. The zero-order chi connectivity index (χ0) is 28.1. The maximum Gasteiger partial charge on any atom is 0.295 e. The van der Waals surface area contributed by atoms with Crippen LogP contribution in [-0.4, -0.2) is 41.5 Å². The van der Waals surface area contributed by atoms with Crippen LogP contribution >= 0.6 is 0 Å². The Bertz CT molecular complexity index is 1390. The molecule has 1 amide bonds. The van der Waals surface area contributed by atoms with Crippen molar-refractivity contribution in [2.24, 2.45) is 0 Å². The molecule has 3 aromatic carbocycles. The van der Waals surface area contributed by atoms with E-state index in [2.05, 4.69) is 0 Å². The van der Waals surface area contributed by atoms with Gasteiger partial charge in [-0.1, -0.05) is 31.2 Å². The fraction of sp³-hybridized carbons (Fsp3) is 0.312. The monoisotopic (exact) mass is 529 g/mol. The summed E-state index contributed by atoms with van der Waals surface area (Å²) >= 11 is 0. The smallest absolute Gasteiger partial charge is 0.295 e. The first-order valence-corrected chi connectivity index (χ1v) is 13.1. The first-order chi connectivity index (χ1) is 18.7. The van der Waals surface area contributed by atoms with Gasteiger partial charge in [-0.25, -0.2) is 0 Å². The van der Waals surface area contributed by atoms with Crippen LogP contribution in [0.1, 0.15) is 55.5 Å². The molecule has 1 saturated heterocycles. The molecule has 7 heteroatoms. The first-order valence-electron chi connectivity index (χ1n) is 13.1. The molecule has 0 radical (unpaired) electrons. The lowest BCUT2D eigenvalue weighted by Crippen LogP contribution is -2.29. The highest BCUT2D eigenvalue weighted by Gasteiger charge is 2.46. The van der Waals surface area contributed by atoms with Gasteiger partial charge in [0, 0.05) is 12.1 Å². The van der Waals surface area contributed by atoms with Gasteiger partial charge in [-0.15, -0.1) is 0 Å². The predicted octanol–water partition coefficient (Wildman–Crippen LogP) is 6.20. The van der Waals surface area contributed by atoms with Crippen molar-refractivity contribution >= 4 is 17.4 Å². The van der Waals surface area contributed by atoms with Crippen molar-refractivity contribution in [3.05, 3.63) is 94.6 Å². The SMILES string of the molecule is CCCOc1ccc(/C(O)=C2/C(=O)C(=O)N(Cc3cccc(OC(C)C)c3)C2c2cccc(OC)c2)cc1C. The lowest BCUT2D eigenvalue weighted by molar-refractivity contribution is -0.140. The minimum Gasteiger partial charge on any atom is -0.507 e. The quantitative estimate of drug-likeness (QED) is 0.191. The number of carbonyl (C=O) groups is 2. The van der Waals surface area contributed by atoms with E-state index >= 15 is 0 Å². The van der Waals surface area contributed by atoms with E-state index in [1.807, 2.05) is 58.0 Å². The van der Waals surface area contributed by atoms with E-state index in [1.54, 1.807) is 43.5 Å². The predicted molar refractivity (Wildman–Crippen MR) is 150 cm³/mol. The van der Waals surface area contributed by atoms with Gasteiger partial charge in [0.15, 0.2) is 0 Å². The summed E-state index contributed by atoms with van der Waals surface area (Å²) in [5.74, 6) is 0.321. The number of Topliss-reactive ketones (excluding diaryl/α,β-unsaturated/α-hetero) is 1. The minimum atomic E-state index is -0.814. The summed E-state index contributed by atoms with van der Waals surface area (Å²) < 4.78 is 17.0. The van der Waals surface area contributed by atoms with E-state index < -0.39 is 17.7 Å². The molecule has 0 saturated carbocycles. The van der Waals surface area contributed by atoms with E-state index in [9.17, 15) is 14.7 Å². The van der Waals surface area contributed by atoms with Crippen LogP contribution in [0.15, 0.2) is 72.3 Å². The second-order valence-corrected chi connectivity index (χ2v) is 9.85. The molecule has 1 unspecified atom stereocenters. The largest absolute Gasteiger partial charge is 0.507 e. The molecule has 3 aromatic rings. The number of amides is 1. The molecule has 1 aliphatic heterocycles. The van der Waals surface area contributed by atoms with E-state index in [0.29, 0.717) is 35.0 Å². The lowest BCUT2D eigenvalue weighted by atomic mass is 9.94. The number of aryl methyl sites for hydroxylation is 1. The molecule has 7 nitrogen and oxygen atoms in total. The molecule has 204 valence electrons. The normalized spacial score (nSPS) is 16.6. The number of rotatable bonds is 10. The average molecular weight is 530 g/mol. The van der Waals surface area contributed by atoms with Crippen LogP contribution in [0, 0.1) is 6.92 Å². The number of ether oxygens (including phenoxy) is 3. The van der Waals surface area contributed by atoms with Crippen molar-refractivity contribution in [2.75, 3.05) is 13.7 Å². The molecule has 0 aliphatic carbocycles. The molecule has 1 N–H and O–H groups in total. The van der Waals surface area contributed by atoms with Gasteiger partial charge in [-0.2, -0.15) is 0 Å². The van der Waals surface area contributed by atoms with Crippen molar-refractivity contribution in [3.63, 3.8) is 0 Å². The zero-order valence-corrected chi connectivity index (χ0v) is 23.1. The van der Waals surface area contributed by atoms with Gasteiger partial charge in [-0.05, 0) is 86.3 Å². The third-order valence-electron chi connectivity index (χ3n) is 6.48. The molecule has 39 heavy (non-hydrogen) atoms. The summed E-state index contributed by atoms with van der Waals surface area (Å²) in [4.78, 5) is 28.4. The Labute approximate surface area is 229 Å². The summed E-state index contributed by atoms with van der Waals surface area (Å²) in [6.45, 7) is 8.53. The minimum absolute atomic E-state index is 0.00604. The van der Waals surface area contributed by atoms with Crippen LogP contribution in [0.25, 0.3) is 5.76 Å². The van der Waals surface area contributed by atoms with Crippen LogP contribution in [-0.2, 0) is 16.1 Å². The van der Waals surface area contributed by atoms with Crippen LogP contribution in [0.5, 0.6) is 17.2 Å². The number of likely N-dealkylation sites (tertiary alicyclic amines) is 1. The van der Waals surface area contributed by atoms with E-state index in [4.69, 9.17) is 14.2 Å². The maximum absolute atomic E-state index is 13.5. The molecule has 0 bridgehead atoms. The van der Waals surface area contributed by atoms with Gasteiger partial charge in [0.2, 0.25) is 0 Å². The first kappa shape index (κ1) is 27.8. The van der Waals surface area contributed by atoms with Gasteiger partial charge in [0.05, 0.1) is 31.4 Å². The molecule has 1 aliphatic rings. The highest BCUT2D eigenvalue weighted by molar-refractivity contribution is 6.46. The number of carbonyl (C=O) groups excluding carboxylic acids is 2. The molecular weight excluding hydrogens is 494 g/mol. The summed E-state index contributed by atoms with van der Waals surface area (Å²) in [6, 6.07) is 19.1. The number of hydrogen-bond acceptors (Lipinski definition) is 6. The van der Waals surface area contributed by atoms with Crippen molar-refractivity contribution in [2.45, 2.75) is 52.8 Å². The topological polar surface area (TPSA) is 85.3 Å². The highest BCUT2D eigenvalue weighted by atomic mass is 16.5. The van der Waals surface area contributed by atoms with Crippen LogP contribution < -0.4 is 14.2 Å². The maximum atomic E-state index is 13.5. The molecule has 0 aromatic heterocycles. The Balaban J connectivity index is 1.80. The fourth-order valence-electron chi connectivity index (χ4n) is 4.71. The Kier molecular flexibility index (Phi) is 8.59. The Morgan fingerprint density at radius 3 is 2.44 bits per heavy atom. The summed E-state index contributed by atoms with van der Waals surface area (Å²) in [6.07, 6.45) is 0.867. The second kappa shape index (κ2) is 12.1. The standard InChI is InChI=1S/C32H35NO6/c1-6-15-38-27-14-13-24(16-21(27)4)30(34)28-29(23-10-8-11-25(18-23)37-5)33(32(36)31(28)35)19-22-9-7-12-26(17-22)39-20(2)3/h7-14,16-18,20,29,34H,6,15,19H2,1-5H3/b30-28-. The van der Waals surface area contributed by atoms with Crippen LogP contribution in [0.3, 0.4) is 0 Å². The number of hydrogen-bond donors (Lipinski definition) is 1. The lowest BCUT2D eigenvalue weighted by Gasteiger charge is -2.26. The number of nitrogens with zero attached hydrogens (tertiary/aromatic N) is 1. The number of methoxy groups -OCH3 is 1. The van der Waals surface area contributed by atoms with Crippen LogP contribution in [0.2, 0.25) is 0 Å². The molecule has 0 spiro atoms. The molecule has 4 rings (SSSR count). The summed E-state index contributed by atoms with van der Waals surface area (Å²) in [5.41, 5.74) is 2.75. The Morgan fingerprint density at radius 2 is 1.74 bits per heavy atom. The van der Waals surface area contributed by atoms with Gasteiger partial charge < -0.3 is 24.2 Å². The number of ketones is 1. The van der Waals surface area contributed by atoms with E-state index in [-0.39, 0.29) is 24.0 Å². The number of aliphatic hydroxyl groups is 1. The van der Waals surface area contributed by atoms with Crippen molar-refractivity contribution in [1.29, 1.82) is 0 Å². The third-order valence-corrected chi connectivity index (χ3v) is 6.48. The Morgan fingerprint density at radius 1 is 1.00 bits per heavy atom. The highest BCUT2D eigenvalue weighted by Crippen LogP contribution is 2.41.